The smallest absolute Gasteiger partial charge is 0.420 e. The maximum absolute atomic E-state index is 11.3. The molecule has 0 aliphatic carbocycles. The van der Waals surface area contributed by atoms with Gasteiger partial charge in [-0.05, 0) is 18.4 Å². The third-order valence-electron chi connectivity index (χ3n) is 2.38. The first-order valence-corrected chi connectivity index (χ1v) is 6.47. The van der Waals surface area contributed by atoms with E-state index in [4.69, 9.17) is 15.2 Å². The molecule has 1 heterocycles. The minimum atomic E-state index is -1.08. The van der Waals surface area contributed by atoms with Crippen molar-refractivity contribution in [3.8, 4) is 17.5 Å². The molecule has 2 amide bonds. The molecule has 116 valence electrons. The number of hydrogen-bond acceptors (Lipinski definition) is 7. The molecule has 0 spiro atoms. The van der Waals surface area contributed by atoms with Crippen LogP contribution >= 0.6 is 0 Å². The van der Waals surface area contributed by atoms with E-state index in [1.165, 1.54) is 12.1 Å². The maximum Gasteiger partial charge on any atom is 0.420 e. The van der Waals surface area contributed by atoms with Crippen LogP contribution in [-0.4, -0.2) is 35.2 Å². The fraction of sp³-hybridized carbons (Fsp3) is 0.462. The van der Waals surface area contributed by atoms with Gasteiger partial charge in [-0.2, -0.15) is 4.98 Å². The largest absolute Gasteiger partial charge is 0.503 e. The number of hydrogen-bond donors (Lipinski definition) is 3. The van der Waals surface area contributed by atoms with Gasteiger partial charge in [0, 0.05) is 6.07 Å². The molecule has 1 aromatic heterocycles. The summed E-state index contributed by atoms with van der Waals surface area (Å²) in [6, 6.07) is 2.73. The van der Waals surface area contributed by atoms with E-state index in [0.717, 1.165) is 6.42 Å². The second-order valence-electron chi connectivity index (χ2n) is 4.65. The number of pyridine rings is 1. The lowest BCUT2D eigenvalue weighted by molar-refractivity contribution is -0.118. The molecule has 0 aliphatic rings. The molecule has 1 aromatic rings. The van der Waals surface area contributed by atoms with Crippen LogP contribution in [0.15, 0.2) is 12.1 Å². The Bertz CT molecular complexity index is 505. The quantitative estimate of drug-likeness (QED) is 0.709. The molecule has 4 N–H and O–H groups in total. The topological polar surface area (TPSA) is 124 Å². The third kappa shape index (κ3) is 6.09. The Morgan fingerprint density at radius 3 is 2.76 bits per heavy atom. The standard InChI is InChI=1S/C13H19N3O5/c1-8(2)5-6-20-11-4-3-9(17)12(16-11)21-13(19)15-10(18)7-14/h3-4,8,17H,5-7,14H2,1-2H3,(H,15,18,19). The molecule has 0 saturated carbocycles. The number of rotatable bonds is 6. The number of aromatic hydroxyl groups is 1. The summed E-state index contributed by atoms with van der Waals surface area (Å²) in [4.78, 5) is 26.1. The Labute approximate surface area is 122 Å². The molecule has 21 heavy (non-hydrogen) atoms. The minimum Gasteiger partial charge on any atom is -0.503 e. The Morgan fingerprint density at radius 2 is 2.14 bits per heavy atom. The van der Waals surface area contributed by atoms with E-state index in [9.17, 15) is 14.7 Å². The van der Waals surface area contributed by atoms with E-state index in [2.05, 4.69) is 18.8 Å². The van der Waals surface area contributed by atoms with Crippen LogP contribution in [-0.2, 0) is 4.79 Å². The summed E-state index contributed by atoms with van der Waals surface area (Å²) < 4.78 is 10.1. The highest BCUT2D eigenvalue weighted by Crippen LogP contribution is 2.26. The number of imide groups is 1. The van der Waals surface area contributed by atoms with Gasteiger partial charge in [-0.15, -0.1) is 0 Å². The zero-order valence-electron chi connectivity index (χ0n) is 12.0. The summed E-state index contributed by atoms with van der Waals surface area (Å²) in [5.74, 6) is -0.711. The molecule has 0 bridgehead atoms. The van der Waals surface area contributed by atoms with Gasteiger partial charge in [0.2, 0.25) is 11.8 Å². The Morgan fingerprint density at radius 1 is 1.43 bits per heavy atom. The monoisotopic (exact) mass is 297 g/mol. The van der Waals surface area contributed by atoms with Crippen LogP contribution in [0, 0.1) is 5.92 Å². The van der Waals surface area contributed by atoms with Gasteiger partial charge in [-0.1, -0.05) is 13.8 Å². The summed E-state index contributed by atoms with van der Waals surface area (Å²) in [6.07, 6.45) is -0.239. The normalized spacial score (nSPS) is 10.3. The number of nitrogens with zero attached hydrogens (tertiary/aromatic N) is 1. The molecular formula is C13H19N3O5. The lowest BCUT2D eigenvalue weighted by Gasteiger charge is -2.09. The second kappa shape index (κ2) is 8.05. The molecule has 0 fully saturated rings. The molecule has 0 aliphatic heterocycles. The lowest BCUT2D eigenvalue weighted by atomic mass is 10.1. The zero-order chi connectivity index (χ0) is 15.8. The lowest BCUT2D eigenvalue weighted by Crippen LogP contribution is -2.37. The van der Waals surface area contributed by atoms with Crippen molar-refractivity contribution in [1.29, 1.82) is 0 Å². The van der Waals surface area contributed by atoms with Crippen LogP contribution < -0.4 is 20.5 Å². The highest BCUT2D eigenvalue weighted by molar-refractivity contribution is 5.93. The van der Waals surface area contributed by atoms with Gasteiger partial charge < -0.3 is 20.3 Å². The Balaban J connectivity index is 2.64. The predicted octanol–water partition coefficient (Wildman–Crippen LogP) is 0.786. The van der Waals surface area contributed by atoms with E-state index >= 15 is 0 Å². The van der Waals surface area contributed by atoms with Crippen molar-refractivity contribution in [3.63, 3.8) is 0 Å². The van der Waals surface area contributed by atoms with Crippen LogP contribution in [0.3, 0.4) is 0 Å². The van der Waals surface area contributed by atoms with Gasteiger partial charge in [0.05, 0.1) is 13.2 Å². The van der Waals surface area contributed by atoms with Gasteiger partial charge in [0.25, 0.3) is 5.88 Å². The number of amides is 2. The van der Waals surface area contributed by atoms with Gasteiger partial charge in [-0.3, -0.25) is 10.1 Å². The molecule has 0 atom stereocenters. The summed E-state index contributed by atoms with van der Waals surface area (Å²) in [5, 5.41) is 11.4. The summed E-state index contributed by atoms with van der Waals surface area (Å²) >= 11 is 0. The average Bonchev–Trinajstić information content (AvgIpc) is 2.41. The van der Waals surface area contributed by atoms with E-state index in [1.54, 1.807) is 0 Å². The van der Waals surface area contributed by atoms with Gasteiger partial charge >= 0.3 is 6.09 Å². The van der Waals surface area contributed by atoms with Crippen LogP contribution in [0.4, 0.5) is 4.79 Å². The van der Waals surface area contributed by atoms with E-state index in [0.29, 0.717) is 12.5 Å². The molecule has 0 unspecified atom stereocenters. The first kappa shape index (κ1) is 16.7. The fourth-order valence-electron chi connectivity index (χ4n) is 1.25. The molecule has 0 saturated heterocycles. The second-order valence-corrected chi connectivity index (χ2v) is 4.65. The first-order chi connectivity index (χ1) is 9.92. The van der Waals surface area contributed by atoms with Crippen molar-refractivity contribution in [1.82, 2.24) is 10.3 Å². The highest BCUT2D eigenvalue weighted by Gasteiger charge is 2.14. The summed E-state index contributed by atoms with van der Waals surface area (Å²) in [7, 11) is 0. The number of nitrogens with one attached hydrogen (secondary N) is 1. The Kier molecular flexibility index (Phi) is 6.41. The molecule has 0 aromatic carbocycles. The van der Waals surface area contributed by atoms with E-state index < -0.39 is 12.0 Å². The molecule has 0 radical (unpaired) electrons. The van der Waals surface area contributed by atoms with Crippen LogP contribution in [0.2, 0.25) is 0 Å². The third-order valence-corrected chi connectivity index (χ3v) is 2.38. The fourth-order valence-corrected chi connectivity index (χ4v) is 1.25. The molecule has 8 heteroatoms. The average molecular weight is 297 g/mol. The molecular weight excluding hydrogens is 278 g/mol. The number of carbonyl (C=O) groups is 2. The van der Waals surface area contributed by atoms with Crippen molar-refractivity contribution >= 4 is 12.0 Å². The number of carbonyl (C=O) groups excluding carboxylic acids is 2. The summed E-state index contributed by atoms with van der Waals surface area (Å²) in [5.41, 5.74) is 5.04. The van der Waals surface area contributed by atoms with Crippen LogP contribution in [0.1, 0.15) is 20.3 Å². The maximum atomic E-state index is 11.3. The van der Waals surface area contributed by atoms with Crippen molar-refractivity contribution in [2.24, 2.45) is 11.7 Å². The van der Waals surface area contributed by atoms with Gasteiger partial charge in [0.15, 0.2) is 5.75 Å². The summed E-state index contributed by atoms with van der Waals surface area (Å²) in [6.45, 7) is 4.21. The predicted molar refractivity (Wildman–Crippen MR) is 74.1 cm³/mol. The highest BCUT2D eigenvalue weighted by atomic mass is 16.6. The SMILES string of the molecule is CC(C)CCOc1ccc(O)c(OC(=O)NC(=O)CN)n1. The first-order valence-electron chi connectivity index (χ1n) is 6.47. The number of aromatic nitrogens is 1. The van der Waals surface area contributed by atoms with Crippen molar-refractivity contribution in [2.75, 3.05) is 13.2 Å². The number of ether oxygens (including phenoxy) is 2. The Hall–Kier alpha value is -2.35. The molecule has 1 rings (SSSR count). The van der Waals surface area contributed by atoms with Crippen molar-refractivity contribution in [2.45, 2.75) is 20.3 Å². The zero-order valence-corrected chi connectivity index (χ0v) is 12.0. The van der Waals surface area contributed by atoms with Crippen molar-refractivity contribution in [3.05, 3.63) is 12.1 Å². The minimum absolute atomic E-state index is 0.210. The molecule has 8 nitrogen and oxygen atoms in total. The van der Waals surface area contributed by atoms with Crippen LogP contribution in [0.5, 0.6) is 17.5 Å². The van der Waals surface area contributed by atoms with Crippen LogP contribution in [0.25, 0.3) is 0 Å². The van der Waals surface area contributed by atoms with E-state index in [-0.39, 0.29) is 24.1 Å². The van der Waals surface area contributed by atoms with Crippen molar-refractivity contribution < 1.29 is 24.2 Å². The van der Waals surface area contributed by atoms with Gasteiger partial charge in [-0.25, -0.2) is 4.79 Å². The number of nitrogens with two attached hydrogens (primary N) is 1. The van der Waals surface area contributed by atoms with E-state index in [1.807, 2.05) is 5.32 Å². The van der Waals surface area contributed by atoms with Gasteiger partial charge in [0.1, 0.15) is 0 Å².